The molecule has 0 aliphatic carbocycles. The highest BCUT2D eigenvalue weighted by atomic mass is 32.2. The number of rotatable bonds is 3. The van der Waals surface area contributed by atoms with Crippen LogP contribution in [0.25, 0.3) is 0 Å². The molecule has 1 fully saturated rings. The first kappa shape index (κ1) is 11.0. The van der Waals surface area contributed by atoms with Crippen molar-refractivity contribution in [1.82, 2.24) is 10.1 Å². The van der Waals surface area contributed by atoms with Crippen molar-refractivity contribution >= 4 is 11.8 Å². The molecule has 0 amide bonds. The Morgan fingerprint density at radius 1 is 1.73 bits per heavy atom. The van der Waals surface area contributed by atoms with Gasteiger partial charge >= 0.3 is 0 Å². The van der Waals surface area contributed by atoms with E-state index in [2.05, 4.69) is 17.0 Å². The lowest BCUT2D eigenvalue weighted by Gasteiger charge is -2.29. The average Bonchev–Trinajstić information content (AvgIpc) is 2.65. The van der Waals surface area contributed by atoms with Gasteiger partial charge < -0.3 is 10.3 Å². The van der Waals surface area contributed by atoms with Crippen LogP contribution in [0.4, 0.5) is 0 Å². The Balaban J connectivity index is 1.90. The fourth-order valence-corrected chi connectivity index (χ4v) is 2.86. The number of thioether (sulfide) groups is 1. The molecule has 1 aromatic heterocycles. The minimum absolute atomic E-state index is 0.454. The molecule has 4 nitrogen and oxygen atoms in total. The maximum atomic E-state index is 5.48. The summed E-state index contributed by atoms with van der Waals surface area (Å²) in [7, 11) is 0. The Labute approximate surface area is 94.2 Å². The van der Waals surface area contributed by atoms with E-state index in [0.717, 1.165) is 36.3 Å². The smallest absolute Gasteiger partial charge is 0.151 e. The van der Waals surface area contributed by atoms with Crippen molar-refractivity contribution in [1.29, 1.82) is 0 Å². The minimum Gasteiger partial charge on any atom is -0.360 e. The molecule has 0 spiro atoms. The molecule has 1 aliphatic rings. The molecular formula is C10H17N3OS. The molecule has 0 saturated carbocycles. The van der Waals surface area contributed by atoms with Crippen LogP contribution in [0.3, 0.4) is 0 Å². The predicted molar refractivity (Wildman–Crippen MR) is 61.6 cm³/mol. The molecule has 1 atom stereocenters. The molecule has 84 valence electrons. The van der Waals surface area contributed by atoms with Gasteiger partial charge in [-0.05, 0) is 0 Å². The molecule has 1 aromatic rings. The van der Waals surface area contributed by atoms with Gasteiger partial charge in [-0.25, -0.2) is 0 Å². The molecule has 5 heteroatoms. The monoisotopic (exact) mass is 227 g/mol. The van der Waals surface area contributed by atoms with Crippen molar-refractivity contribution < 1.29 is 4.52 Å². The highest BCUT2D eigenvalue weighted by molar-refractivity contribution is 7.99. The van der Waals surface area contributed by atoms with Gasteiger partial charge in [-0.1, -0.05) is 12.1 Å². The Bertz CT molecular complexity index is 315. The zero-order valence-corrected chi connectivity index (χ0v) is 9.80. The van der Waals surface area contributed by atoms with Crippen LogP contribution in [-0.4, -0.2) is 34.1 Å². The van der Waals surface area contributed by atoms with Gasteiger partial charge in [0.05, 0.1) is 12.2 Å². The third-order valence-corrected chi connectivity index (χ3v) is 3.66. The topological polar surface area (TPSA) is 55.3 Å². The van der Waals surface area contributed by atoms with Gasteiger partial charge in [0, 0.05) is 36.7 Å². The van der Waals surface area contributed by atoms with Crippen LogP contribution in [0, 0.1) is 0 Å². The summed E-state index contributed by atoms with van der Waals surface area (Å²) < 4.78 is 5.22. The van der Waals surface area contributed by atoms with E-state index in [9.17, 15) is 0 Å². The van der Waals surface area contributed by atoms with Crippen LogP contribution >= 0.6 is 11.8 Å². The standard InChI is InChI=1S/C10H17N3OS/c1-8-6-13(2-3-15-8)7-10-4-9(5-11)12-14-10/h4,8H,2-3,5-7,11H2,1H3. The highest BCUT2D eigenvalue weighted by Crippen LogP contribution is 2.19. The van der Waals surface area contributed by atoms with Crippen LogP contribution in [-0.2, 0) is 13.1 Å². The number of nitrogens with zero attached hydrogens (tertiary/aromatic N) is 2. The summed E-state index contributed by atoms with van der Waals surface area (Å²) in [6.45, 7) is 5.84. The zero-order chi connectivity index (χ0) is 10.7. The predicted octanol–water partition coefficient (Wildman–Crippen LogP) is 1.07. The number of nitrogens with two attached hydrogens (primary N) is 1. The van der Waals surface area contributed by atoms with Crippen molar-refractivity contribution in [2.75, 3.05) is 18.8 Å². The first-order valence-electron chi connectivity index (χ1n) is 5.26. The van der Waals surface area contributed by atoms with E-state index < -0.39 is 0 Å². The van der Waals surface area contributed by atoms with Crippen LogP contribution in [0.5, 0.6) is 0 Å². The molecular weight excluding hydrogens is 210 g/mol. The average molecular weight is 227 g/mol. The van der Waals surface area contributed by atoms with Gasteiger partial charge in [-0.3, -0.25) is 4.90 Å². The molecule has 1 aliphatic heterocycles. The molecule has 0 bridgehead atoms. The first-order chi connectivity index (χ1) is 7.28. The molecule has 15 heavy (non-hydrogen) atoms. The summed E-state index contributed by atoms with van der Waals surface area (Å²) in [5.74, 6) is 2.13. The van der Waals surface area contributed by atoms with E-state index in [-0.39, 0.29) is 0 Å². The van der Waals surface area contributed by atoms with Crippen LogP contribution < -0.4 is 5.73 Å². The second-order valence-corrected chi connectivity index (χ2v) is 5.45. The molecule has 0 radical (unpaired) electrons. The fourth-order valence-electron chi connectivity index (χ4n) is 1.78. The second kappa shape index (κ2) is 5.01. The summed E-state index contributed by atoms with van der Waals surface area (Å²) in [4.78, 5) is 2.40. The summed E-state index contributed by atoms with van der Waals surface area (Å²) in [5, 5.41) is 4.61. The van der Waals surface area contributed by atoms with Crippen LogP contribution in [0.15, 0.2) is 10.6 Å². The van der Waals surface area contributed by atoms with Gasteiger partial charge in [0.2, 0.25) is 0 Å². The number of hydrogen-bond acceptors (Lipinski definition) is 5. The minimum atomic E-state index is 0.454. The summed E-state index contributed by atoms with van der Waals surface area (Å²) in [6.07, 6.45) is 0. The lowest BCUT2D eigenvalue weighted by atomic mass is 10.3. The Morgan fingerprint density at radius 3 is 3.27 bits per heavy atom. The third kappa shape index (κ3) is 2.96. The lowest BCUT2D eigenvalue weighted by molar-refractivity contribution is 0.239. The van der Waals surface area contributed by atoms with Crippen molar-refractivity contribution in [3.8, 4) is 0 Å². The largest absolute Gasteiger partial charge is 0.360 e. The maximum Gasteiger partial charge on any atom is 0.151 e. The van der Waals surface area contributed by atoms with Crippen LogP contribution in [0.2, 0.25) is 0 Å². The van der Waals surface area contributed by atoms with E-state index in [1.807, 2.05) is 17.8 Å². The Kier molecular flexibility index (Phi) is 3.66. The van der Waals surface area contributed by atoms with E-state index in [1.165, 1.54) is 5.75 Å². The van der Waals surface area contributed by atoms with E-state index in [0.29, 0.717) is 6.54 Å². The van der Waals surface area contributed by atoms with Crippen molar-refractivity contribution in [2.24, 2.45) is 5.73 Å². The highest BCUT2D eigenvalue weighted by Gasteiger charge is 2.18. The molecule has 1 unspecified atom stereocenters. The summed E-state index contributed by atoms with van der Waals surface area (Å²) >= 11 is 2.03. The van der Waals surface area contributed by atoms with Crippen molar-refractivity contribution in [3.63, 3.8) is 0 Å². The van der Waals surface area contributed by atoms with E-state index in [4.69, 9.17) is 10.3 Å². The van der Waals surface area contributed by atoms with Crippen LogP contribution in [0.1, 0.15) is 18.4 Å². The molecule has 0 aromatic carbocycles. The lowest BCUT2D eigenvalue weighted by Crippen LogP contribution is -2.35. The van der Waals surface area contributed by atoms with E-state index in [1.54, 1.807) is 0 Å². The van der Waals surface area contributed by atoms with Gasteiger partial charge in [0.15, 0.2) is 5.76 Å². The van der Waals surface area contributed by atoms with Gasteiger partial charge in [-0.15, -0.1) is 0 Å². The Morgan fingerprint density at radius 2 is 2.60 bits per heavy atom. The quantitative estimate of drug-likeness (QED) is 0.837. The normalized spacial score (nSPS) is 23.2. The Hall–Kier alpha value is -0.520. The first-order valence-corrected chi connectivity index (χ1v) is 6.31. The molecule has 1 saturated heterocycles. The van der Waals surface area contributed by atoms with Gasteiger partial charge in [0.25, 0.3) is 0 Å². The second-order valence-electron chi connectivity index (χ2n) is 3.91. The van der Waals surface area contributed by atoms with Gasteiger partial charge in [0.1, 0.15) is 0 Å². The SMILES string of the molecule is CC1CN(Cc2cc(CN)no2)CCS1. The molecule has 2 heterocycles. The molecule has 2 N–H and O–H groups in total. The molecule has 2 rings (SSSR count). The van der Waals surface area contributed by atoms with Crippen molar-refractivity contribution in [2.45, 2.75) is 25.3 Å². The summed E-state index contributed by atoms with van der Waals surface area (Å²) in [6, 6.07) is 1.95. The summed E-state index contributed by atoms with van der Waals surface area (Å²) in [5.41, 5.74) is 6.32. The third-order valence-electron chi connectivity index (χ3n) is 2.52. The maximum absolute atomic E-state index is 5.48. The zero-order valence-electron chi connectivity index (χ0n) is 8.98. The van der Waals surface area contributed by atoms with Gasteiger partial charge in [-0.2, -0.15) is 11.8 Å². The van der Waals surface area contributed by atoms with E-state index >= 15 is 0 Å². The van der Waals surface area contributed by atoms with Crippen molar-refractivity contribution in [3.05, 3.63) is 17.5 Å². The number of hydrogen-bond donors (Lipinski definition) is 1. The fraction of sp³-hybridized carbons (Fsp3) is 0.700. The number of aromatic nitrogens is 1.